The Morgan fingerprint density at radius 1 is 1.29 bits per heavy atom. The maximum Gasteiger partial charge on any atom is 0.174 e. The SMILES string of the molecule is N#CCOc1ccc2cc(CN)ccc2c1Br. The average Bonchev–Trinajstić information content (AvgIpc) is 2.37. The molecule has 2 N–H and O–H groups in total. The average molecular weight is 291 g/mol. The lowest BCUT2D eigenvalue weighted by Gasteiger charge is -2.08. The summed E-state index contributed by atoms with van der Waals surface area (Å²) >= 11 is 3.49. The minimum Gasteiger partial charge on any atom is -0.478 e. The van der Waals surface area contributed by atoms with Gasteiger partial charge in [-0.05, 0) is 44.4 Å². The second-order valence-electron chi connectivity index (χ2n) is 3.58. The third-order valence-electron chi connectivity index (χ3n) is 2.51. The van der Waals surface area contributed by atoms with E-state index in [9.17, 15) is 0 Å². The molecule has 0 saturated heterocycles. The van der Waals surface area contributed by atoms with E-state index in [1.165, 1.54) is 0 Å². The van der Waals surface area contributed by atoms with Gasteiger partial charge >= 0.3 is 0 Å². The van der Waals surface area contributed by atoms with E-state index in [0.29, 0.717) is 12.3 Å². The first-order chi connectivity index (χ1) is 8.26. The number of hydrogen-bond acceptors (Lipinski definition) is 3. The highest BCUT2D eigenvalue weighted by Gasteiger charge is 2.06. The number of ether oxygens (including phenoxy) is 1. The third kappa shape index (κ3) is 2.41. The van der Waals surface area contributed by atoms with Crippen LogP contribution in [0.15, 0.2) is 34.8 Å². The summed E-state index contributed by atoms with van der Waals surface area (Å²) in [4.78, 5) is 0. The largest absolute Gasteiger partial charge is 0.478 e. The maximum atomic E-state index is 8.50. The second-order valence-corrected chi connectivity index (χ2v) is 4.38. The van der Waals surface area contributed by atoms with E-state index in [4.69, 9.17) is 15.7 Å². The Morgan fingerprint density at radius 2 is 2.12 bits per heavy atom. The van der Waals surface area contributed by atoms with Gasteiger partial charge in [0.15, 0.2) is 6.61 Å². The van der Waals surface area contributed by atoms with Crippen LogP contribution in [0.1, 0.15) is 5.56 Å². The quantitative estimate of drug-likeness (QED) is 0.945. The highest BCUT2D eigenvalue weighted by Crippen LogP contribution is 2.33. The molecule has 0 spiro atoms. The molecule has 0 aliphatic heterocycles. The maximum absolute atomic E-state index is 8.50. The molecule has 17 heavy (non-hydrogen) atoms. The van der Waals surface area contributed by atoms with Crippen LogP contribution in [-0.4, -0.2) is 6.61 Å². The molecule has 0 fully saturated rings. The first kappa shape index (κ1) is 11.9. The van der Waals surface area contributed by atoms with Crippen molar-refractivity contribution in [2.24, 2.45) is 5.73 Å². The zero-order chi connectivity index (χ0) is 12.3. The molecule has 0 unspecified atom stereocenters. The van der Waals surface area contributed by atoms with Gasteiger partial charge in [-0.1, -0.05) is 18.2 Å². The minimum absolute atomic E-state index is 0.0466. The molecule has 2 aromatic rings. The van der Waals surface area contributed by atoms with Crippen LogP contribution >= 0.6 is 15.9 Å². The van der Waals surface area contributed by atoms with Crippen molar-refractivity contribution in [1.29, 1.82) is 5.26 Å². The Balaban J connectivity index is 2.49. The van der Waals surface area contributed by atoms with Crippen LogP contribution in [0.4, 0.5) is 0 Å². The van der Waals surface area contributed by atoms with Crippen LogP contribution in [-0.2, 0) is 6.54 Å². The van der Waals surface area contributed by atoms with Gasteiger partial charge in [0.1, 0.15) is 11.8 Å². The summed E-state index contributed by atoms with van der Waals surface area (Å²) in [6.07, 6.45) is 0. The normalized spacial score (nSPS) is 10.2. The van der Waals surface area contributed by atoms with E-state index >= 15 is 0 Å². The van der Waals surface area contributed by atoms with Gasteiger partial charge in [0, 0.05) is 6.54 Å². The predicted octanol–water partition coefficient (Wildman–Crippen LogP) is 2.96. The van der Waals surface area contributed by atoms with Gasteiger partial charge < -0.3 is 10.5 Å². The van der Waals surface area contributed by atoms with Crippen molar-refractivity contribution in [3.05, 3.63) is 40.4 Å². The van der Waals surface area contributed by atoms with E-state index in [-0.39, 0.29) is 6.61 Å². The number of nitrogens with two attached hydrogens (primary N) is 1. The number of benzene rings is 2. The second kappa shape index (κ2) is 5.17. The van der Waals surface area contributed by atoms with Crippen molar-refractivity contribution < 1.29 is 4.74 Å². The lowest BCUT2D eigenvalue weighted by atomic mass is 10.1. The van der Waals surface area contributed by atoms with Crippen LogP contribution in [0, 0.1) is 11.3 Å². The first-order valence-corrected chi connectivity index (χ1v) is 5.96. The molecule has 0 atom stereocenters. The molecule has 86 valence electrons. The highest BCUT2D eigenvalue weighted by atomic mass is 79.9. The van der Waals surface area contributed by atoms with Gasteiger partial charge in [0.2, 0.25) is 0 Å². The number of nitrogens with zero attached hydrogens (tertiary/aromatic N) is 1. The minimum atomic E-state index is 0.0466. The number of hydrogen-bond donors (Lipinski definition) is 1. The Hall–Kier alpha value is -1.57. The summed E-state index contributed by atoms with van der Waals surface area (Å²) in [5.74, 6) is 0.680. The zero-order valence-electron chi connectivity index (χ0n) is 9.11. The molecule has 0 aromatic heterocycles. The molecule has 0 heterocycles. The fourth-order valence-electron chi connectivity index (χ4n) is 1.67. The van der Waals surface area contributed by atoms with Gasteiger partial charge in [-0.15, -0.1) is 0 Å². The molecule has 0 amide bonds. The Labute approximate surface area is 108 Å². The highest BCUT2D eigenvalue weighted by molar-refractivity contribution is 9.10. The van der Waals surface area contributed by atoms with Crippen LogP contribution < -0.4 is 10.5 Å². The van der Waals surface area contributed by atoms with Gasteiger partial charge in [-0.25, -0.2) is 0 Å². The number of rotatable bonds is 3. The Morgan fingerprint density at radius 3 is 2.82 bits per heavy atom. The van der Waals surface area contributed by atoms with Crippen molar-refractivity contribution in [2.45, 2.75) is 6.54 Å². The lowest BCUT2D eigenvalue weighted by Crippen LogP contribution is -1.97. The van der Waals surface area contributed by atoms with Crippen molar-refractivity contribution in [1.82, 2.24) is 0 Å². The van der Waals surface area contributed by atoms with Crippen LogP contribution in [0.2, 0.25) is 0 Å². The van der Waals surface area contributed by atoms with E-state index in [2.05, 4.69) is 15.9 Å². The van der Waals surface area contributed by atoms with Crippen LogP contribution in [0.5, 0.6) is 5.75 Å². The number of halogens is 1. The van der Waals surface area contributed by atoms with Gasteiger partial charge in [0.05, 0.1) is 4.47 Å². The summed E-state index contributed by atoms with van der Waals surface area (Å²) < 4.78 is 6.19. The summed E-state index contributed by atoms with van der Waals surface area (Å²) in [5.41, 5.74) is 6.69. The van der Waals surface area contributed by atoms with Crippen molar-refractivity contribution in [3.63, 3.8) is 0 Å². The van der Waals surface area contributed by atoms with Crippen molar-refractivity contribution >= 4 is 26.7 Å². The summed E-state index contributed by atoms with van der Waals surface area (Å²) in [7, 11) is 0. The molecule has 3 nitrogen and oxygen atoms in total. The molecule has 0 saturated carbocycles. The first-order valence-electron chi connectivity index (χ1n) is 5.17. The van der Waals surface area contributed by atoms with E-state index in [0.717, 1.165) is 20.8 Å². The standard InChI is InChI=1S/C13H11BrN2O/c14-13-11-3-1-9(8-16)7-10(11)2-4-12(13)17-6-5-15/h1-4,7H,6,8,16H2. The summed E-state index contributed by atoms with van der Waals surface area (Å²) in [6.45, 7) is 0.575. The number of fused-ring (bicyclic) bond motifs is 1. The summed E-state index contributed by atoms with van der Waals surface area (Å²) in [5, 5.41) is 10.7. The molecule has 2 aromatic carbocycles. The third-order valence-corrected chi connectivity index (χ3v) is 3.33. The fourth-order valence-corrected chi connectivity index (χ4v) is 2.28. The monoisotopic (exact) mass is 290 g/mol. The van der Waals surface area contributed by atoms with Crippen molar-refractivity contribution in [2.75, 3.05) is 6.61 Å². The van der Waals surface area contributed by atoms with Crippen LogP contribution in [0.3, 0.4) is 0 Å². The van der Waals surface area contributed by atoms with E-state index in [1.807, 2.05) is 36.4 Å². The molecular weight excluding hydrogens is 280 g/mol. The van der Waals surface area contributed by atoms with E-state index in [1.54, 1.807) is 0 Å². The summed E-state index contributed by atoms with van der Waals surface area (Å²) in [6, 6.07) is 11.8. The zero-order valence-corrected chi connectivity index (χ0v) is 10.7. The molecule has 4 heteroatoms. The molecule has 0 radical (unpaired) electrons. The predicted molar refractivity (Wildman–Crippen MR) is 70.6 cm³/mol. The lowest BCUT2D eigenvalue weighted by molar-refractivity contribution is 0.366. The molecule has 0 bridgehead atoms. The molecule has 0 aliphatic carbocycles. The van der Waals surface area contributed by atoms with Crippen LogP contribution in [0.25, 0.3) is 10.8 Å². The van der Waals surface area contributed by atoms with Gasteiger partial charge in [-0.2, -0.15) is 5.26 Å². The van der Waals surface area contributed by atoms with Gasteiger partial charge in [0.25, 0.3) is 0 Å². The fraction of sp³-hybridized carbons (Fsp3) is 0.154. The van der Waals surface area contributed by atoms with Gasteiger partial charge in [-0.3, -0.25) is 0 Å². The molecule has 2 rings (SSSR count). The van der Waals surface area contributed by atoms with E-state index < -0.39 is 0 Å². The molecular formula is C13H11BrN2O. The van der Waals surface area contributed by atoms with Crippen molar-refractivity contribution in [3.8, 4) is 11.8 Å². The number of nitriles is 1. The Kier molecular flexibility index (Phi) is 3.62. The Bertz CT molecular complexity index is 590. The molecule has 0 aliphatic rings. The smallest absolute Gasteiger partial charge is 0.174 e. The topological polar surface area (TPSA) is 59.0 Å².